The van der Waals surface area contributed by atoms with E-state index in [2.05, 4.69) is 10.2 Å². The molecule has 0 atom stereocenters. The fourth-order valence-electron chi connectivity index (χ4n) is 1.28. The number of amides is 1. The maximum Gasteiger partial charge on any atom is 0.471 e. The van der Waals surface area contributed by atoms with Crippen LogP contribution in [0.1, 0.15) is 0 Å². The molecule has 0 aliphatic heterocycles. The predicted octanol–water partition coefficient (Wildman–Crippen LogP) is 1.77. The Morgan fingerprint density at radius 1 is 1.22 bits per heavy atom. The SMILES string of the molecule is O=C(Nc1cccc(-n2cnnc2)c1)C(F)(F)F. The van der Waals surface area contributed by atoms with E-state index in [1.165, 1.54) is 35.4 Å². The summed E-state index contributed by atoms with van der Waals surface area (Å²) in [4.78, 5) is 10.8. The van der Waals surface area contributed by atoms with Crippen LogP contribution < -0.4 is 5.32 Å². The van der Waals surface area contributed by atoms with Crippen LogP contribution in [-0.4, -0.2) is 26.8 Å². The van der Waals surface area contributed by atoms with E-state index in [1.807, 2.05) is 0 Å². The van der Waals surface area contributed by atoms with Gasteiger partial charge < -0.3 is 5.32 Å². The minimum Gasteiger partial charge on any atom is -0.318 e. The molecule has 0 radical (unpaired) electrons. The topological polar surface area (TPSA) is 59.8 Å². The summed E-state index contributed by atoms with van der Waals surface area (Å²) in [5, 5.41) is 8.91. The number of nitrogens with one attached hydrogen (secondary N) is 1. The van der Waals surface area contributed by atoms with E-state index in [4.69, 9.17) is 0 Å². The third-order valence-electron chi connectivity index (χ3n) is 2.08. The van der Waals surface area contributed by atoms with Crippen LogP contribution in [0.4, 0.5) is 18.9 Å². The number of aromatic nitrogens is 3. The Morgan fingerprint density at radius 3 is 2.50 bits per heavy atom. The maximum atomic E-state index is 12.1. The highest BCUT2D eigenvalue weighted by molar-refractivity contribution is 5.95. The van der Waals surface area contributed by atoms with Crippen molar-refractivity contribution in [2.45, 2.75) is 6.18 Å². The van der Waals surface area contributed by atoms with Crippen LogP contribution >= 0.6 is 0 Å². The van der Waals surface area contributed by atoms with Gasteiger partial charge in [-0.2, -0.15) is 13.2 Å². The number of rotatable bonds is 2. The summed E-state index contributed by atoms with van der Waals surface area (Å²) in [5.74, 6) is -2.01. The molecular formula is C10H7F3N4O. The van der Waals surface area contributed by atoms with Gasteiger partial charge in [0.1, 0.15) is 12.7 Å². The molecule has 2 rings (SSSR count). The van der Waals surface area contributed by atoms with Crippen LogP contribution in [0.15, 0.2) is 36.9 Å². The van der Waals surface area contributed by atoms with E-state index in [0.29, 0.717) is 5.69 Å². The third kappa shape index (κ3) is 2.65. The van der Waals surface area contributed by atoms with Crippen molar-refractivity contribution < 1.29 is 18.0 Å². The second kappa shape index (κ2) is 4.47. The number of carbonyl (C=O) groups excluding carboxylic acids is 1. The molecular weight excluding hydrogens is 249 g/mol. The zero-order valence-electron chi connectivity index (χ0n) is 8.85. The van der Waals surface area contributed by atoms with Crippen molar-refractivity contribution in [1.82, 2.24) is 14.8 Å². The minimum absolute atomic E-state index is 0.0449. The van der Waals surface area contributed by atoms with Crippen molar-refractivity contribution in [2.24, 2.45) is 0 Å². The first-order valence-corrected chi connectivity index (χ1v) is 4.80. The Labute approximate surface area is 99.3 Å². The molecule has 1 amide bonds. The first kappa shape index (κ1) is 12.1. The van der Waals surface area contributed by atoms with Crippen LogP contribution in [0.3, 0.4) is 0 Å². The summed E-state index contributed by atoms with van der Waals surface area (Å²) in [6.45, 7) is 0. The van der Waals surface area contributed by atoms with Crippen molar-refractivity contribution in [3.8, 4) is 5.69 Å². The van der Waals surface area contributed by atoms with Crippen molar-refractivity contribution in [1.29, 1.82) is 0 Å². The Morgan fingerprint density at radius 2 is 1.89 bits per heavy atom. The molecule has 0 unspecified atom stereocenters. The molecule has 0 bridgehead atoms. The van der Waals surface area contributed by atoms with Crippen molar-refractivity contribution in [2.75, 3.05) is 5.32 Å². The average molecular weight is 256 g/mol. The van der Waals surface area contributed by atoms with Gasteiger partial charge in [0, 0.05) is 5.69 Å². The Kier molecular flexibility index (Phi) is 3.00. The summed E-state index contributed by atoms with van der Waals surface area (Å²) in [6, 6.07) is 5.90. The second-order valence-electron chi connectivity index (χ2n) is 3.37. The van der Waals surface area contributed by atoms with Crippen molar-refractivity contribution in [3.05, 3.63) is 36.9 Å². The zero-order valence-corrected chi connectivity index (χ0v) is 8.85. The summed E-state index contributed by atoms with van der Waals surface area (Å²) >= 11 is 0. The number of carbonyl (C=O) groups is 1. The molecule has 0 aliphatic carbocycles. The monoisotopic (exact) mass is 256 g/mol. The highest BCUT2D eigenvalue weighted by atomic mass is 19.4. The molecule has 8 heteroatoms. The third-order valence-corrected chi connectivity index (χ3v) is 2.08. The van der Waals surface area contributed by atoms with Gasteiger partial charge in [-0.15, -0.1) is 10.2 Å². The summed E-state index contributed by atoms with van der Waals surface area (Å²) in [6.07, 6.45) is -2.12. The van der Waals surface area contributed by atoms with Crippen LogP contribution in [0.2, 0.25) is 0 Å². The van der Waals surface area contributed by atoms with Gasteiger partial charge in [-0.25, -0.2) is 0 Å². The number of benzene rings is 1. The molecule has 1 N–H and O–H groups in total. The molecule has 0 saturated heterocycles. The molecule has 1 aromatic carbocycles. The normalized spacial score (nSPS) is 11.3. The minimum atomic E-state index is -4.91. The molecule has 18 heavy (non-hydrogen) atoms. The summed E-state index contributed by atoms with van der Waals surface area (Å²) in [5.41, 5.74) is 0.587. The molecule has 2 aromatic rings. The first-order chi connectivity index (χ1) is 8.47. The Bertz CT molecular complexity index is 551. The van der Waals surface area contributed by atoms with Crippen LogP contribution in [-0.2, 0) is 4.79 Å². The molecule has 1 aromatic heterocycles. The molecule has 94 valence electrons. The van der Waals surface area contributed by atoms with Gasteiger partial charge in [0.25, 0.3) is 0 Å². The van der Waals surface area contributed by atoms with Crippen LogP contribution in [0, 0.1) is 0 Å². The standard InChI is InChI=1S/C10H7F3N4O/c11-10(12,13)9(18)16-7-2-1-3-8(4-7)17-5-14-15-6-17/h1-6H,(H,16,18). The number of hydrogen-bond acceptors (Lipinski definition) is 3. The van der Waals surface area contributed by atoms with E-state index < -0.39 is 12.1 Å². The fraction of sp³-hybridized carbons (Fsp3) is 0.100. The number of nitrogens with zero attached hydrogens (tertiary/aromatic N) is 3. The maximum absolute atomic E-state index is 12.1. The van der Waals surface area contributed by atoms with Gasteiger partial charge in [-0.3, -0.25) is 9.36 Å². The lowest BCUT2D eigenvalue weighted by molar-refractivity contribution is -0.167. The van der Waals surface area contributed by atoms with Gasteiger partial charge in [0.05, 0.1) is 5.69 Å². The highest BCUT2D eigenvalue weighted by Gasteiger charge is 2.38. The fourth-order valence-corrected chi connectivity index (χ4v) is 1.28. The van der Waals surface area contributed by atoms with Gasteiger partial charge >= 0.3 is 12.1 Å². The van der Waals surface area contributed by atoms with E-state index in [0.717, 1.165) is 0 Å². The van der Waals surface area contributed by atoms with Crippen LogP contribution in [0.5, 0.6) is 0 Å². The zero-order chi connectivity index (χ0) is 13.2. The van der Waals surface area contributed by atoms with Gasteiger partial charge in [0.2, 0.25) is 0 Å². The highest BCUT2D eigenvalue weighted by Crippen LogP contribution is 2.19. The van der Waals surface area contributed by atoms with Gasteiger partial charge in [-0.05, 0) is 18.2 Å². The number of hydrogen-bond donors (Lipinski definition) is 1. The second-order valence-corrected chi connectivity index (χ2v) is 3.37. The number of halogens is 3. The van der Waals surface area contributed by atoms with E-state index >= 15 is 0 Å². The Hall–Kier alpha value is -2.38. The van der Waals surface area contributed by atoms with Crippen molar-refractivity contribution >= 4 is 11.6 Å². The van der Waals surface area contributed by atoms with E-state index in [-0.39, 0.29) is 5.69 Å². The number of alkyl halides is 3. The molecule has 0 aliphatic rings. The molecule has 0 spiro atoms. The molecule has 5 nitrogen and oxygen atoms in total. The molecule has 1 heterocycles. The smallest absolute Gasteiger partial charge is 0.318 e. The molecule has 0 saturated carbocycles. The lowest BCUT2D eigenvalue weighted by Crippen LogP contribution is -2.29. The first-order valence-electron chi connectivity index (χ1n) is 4.80. The largest absolute Gasteiger partial charge is 0.471 e. The lowest BCUT2D eigenvalue weighted by Gasteiger charge is -2.09. The summed E-state index contributed by atoms with van der Waals surface area (Å²) < 4.78 is 37.7. The van der Waals surface area contributed by atoms with Gasteiger partial charge in [-0.1, -0.05) is 6.07 Å². The number of anilines is 1. The lowest BCUT2D eigenvalue weighted by atomic mass is 10.2. The summed E-state index contributed by atoms with van der Waals surface area (Å²) in [7, 11) is 0. The van der Waals surface area contributed by atoms with Gasteiger partial charge in [0.15, 0.2) is 0 Å². The van der Waals surface area contributed by atoms with E-state index in [9.17, 15) is 18.0 Å². The average Bonchev–Trinajstić information content (AvgIpc) is 2.81. The quantitative estimate of drug-likeness (QED) is 0.890. The van der Waals surface area contributed by atoms with E-state index in [1.54, 1.807) is 11.4 Å². The predicted molar refractivity (Wildman–Crippen MR) is 56.0 cm³/mol. The molecule has 0 fully saturated rings. The Balaban J connectivity index is 2.21. The van der Waals surface area contributed by atoms with Crippen LogP contribution in [0.25, 0.3) is 5.69 Å². The van der Waals surface area contributed by atoms with Crippen molar-refractivity contribution in [3.63, 3.8) is 0 Å².